The fourth-order valence-electron chi connectivity index (χ4n) is 2.96. The van der Waals surface area contributed by atoms with Gasteiger partial charge in [0.2, 0.25) is 0 Å². The second kappa shape index (κ2) is 8.37. The van der Waals surface area contributed by atoms with E-state index in [0.717, 1.165) is 37.0 Å². The molecule has 0 aromatic carbocycles. The van der Waals surface area contributed by atoms with Crippen molar-refractivity contribution in [2.45, 2.75) is 19.6 Å². The van der Waals surface area contributed by atoms with Crippen LogP contribution in [0.4, 0.5) is 5.82 Å². The first-order valence-electron chi connectivity index (χ1n) is 8.54. The van der Waals surface area contributed by atoms with E-state index < -0.39 is 0 Å². The highest BCUT2D eigenvalue weighted by Crippen LogP contribution is 2.23. The lowest BCUT2D eigenvalue weighted by Crippen LogP contribution is -2.38. The smallest absolute Gasteiger partial charge is 0.130 e. The molecule has 0 unspecified atom stereocenters. The van der Waals surface area contributed by atoms with E-state index in [1.54, 1.807) is 7.11 Å². The first-order valence-corrected chi connectivity index (χ1v) is 8.54. The molecule has 1 saturated heterocycles. The average Bonchev–Trinajstić information content (AvgIpc) is 3.00. The number of ether oxygens (including phenoxy) is 2. The van der Waals surface area contributed by atoms with Crippen molar-refractivity contribution >= 4 is 5.82 Å². The summed E-state index contributed by atoms with van der Waals surface area (Å²) in [5.41, 5.74) is 2.13. The van der Waals surface area contributed by atoms with E-state index in [1.807, 2.05) is 30.9 Å². The second-order valence-electron chi connectivity index (χ2n) is 6.26. The lowest BCUT2D eigenvalue weighted by Gasteiger charge is -2.32. The molecule has 0 bridgehead atoms. The Labute approximate surface area is 148 Å². The molecule has 0 spiro atoms. The van der Waals surface area contributed by atoms with Gasteiger partial charge in [-0.05, 0) is 6.92 Å². The number of methoxy groups -OCH3 is 1. The number of anilines is 1. The summed E-state index contributed by atoms with van der Waals surface area (Å²) in [4.78, 5) is 11.4. The van der Waals surface area contributed by atoms with Crippen molar-refractivity contribution in [1.82, 2.24) is 24.6 Å². The third-order valence-corrected chi connectivity index (χ3v) is 4.12. The van der Waals surface area contributed by atoms with E-state index in [4.69, 9.17) is 9.47 Å². The highest BCUT2D eigenvalue weighted by Gasteiger charge is 2.24. The molecule has 0 saturated carbocycles. The van der Waals surface area contributed by atoms with Gasteiger partial charge in [-0.2, -0.15) is 5.10 Å². The Morgan fingerprint density at radius 3 is 3.04 bits per heavy atom. The molecular weight excluding hydrogens is 320 g/mol. The standard InChI is InChI=1S/C17H26N6O2/c1-13-20-15(8-17(21-13)18-4-6-24-3)16-12-23(5-7-25-16)11-14-9-19-22(2)10-14/h8-10,16H,4-7,11-12H2,1-3H3,(H,18,20,21)/t16-/m0/s1. The van der Waals surface area contributed by atoms with Crippen LogP contribution in [0.25, 0.3) is 0 Å². The number of hydrogen-bond donors (Lipinski definition) is 1. The van der Waals surface area contributed by atoms with Crippen molar-refractivity contribution < 1.29 is 9.47 Å². The van der Waals surface area contributed by atoms with Gasteiger partial charge in [-0.15, -0.1) is 0 Å². The lowest BCUT2D eigenvalue weighted by atomic mass is 10.1. The first kappa shape index (κ1) is 17.8. The maximum atomic E-state index is 5.97. The van der Waals surface area contributed by atoms with E-state index in [1.165, 1.54) is 5.56 Å². The van der Waals surface area contributed by atoms with Gasteiger partial charge in [-0.3, -0.25) is 9.58 Å². The molecule has 2 aromatic heterocycles. The zero-order valence-corrected chi connectivity index (χ0v) is 15.1. The van der Waals surface area contributed by atoms with Crippen molar-refractivity contribution in [2.75, 3.05) is 45.3 Å². The Morgan fingerprint density at radius 1 is 1.40 bits per heavy atom. The molecule has 1 N–H and O–H groups in total. The van der Waals surface area contributed by atoms with Gasteiger partial charge in [-0.25, -0.2) is 9.97 Å². The van der Waals surface area contributed by atoms with Crippen molar-refractivity contribution in [1.29, 1.82) is 0 Å². The number of aryl methyl sites for hydroxylation is 2. The molecule has 1 atom stereocenters. The number of hydrogen-bond acceptors (Lipinski definition) is 7. The predicted molar refractivity (Wildman–Crippen MR) is 94.3 cm³/mol. The maximum Gasteiger partial charge on any atom is 0.130 e. The summed E-state index contributed by atoms with van der Waals surface area (Å²) in [7, 11) is 3.62. The lowest BCUT2D eigenvalue weighted by molar-refractivity contribution is -0.0350. The van der Waals surface area contributed by atoms with Crippen LogP contribution in [0.2, 0.25) is 0 Å². The molecule has 0 aliphatic carbocycles. The van der Waals surface area contributed by atoms with Gasteiger partial charge in [0.25, 0.3) is 0 Å². The van der Waals surface area contributed by atoms with E-state index in [2.05, 4.69) is 31.5 Å². The van der Waals surface area contributed by atoms with Gasteiger partial charge in [0, 0.05) is 58.2 Å². The number of nitrogens with zero attached hydrogens (tertiary/aromatic N) is 5. The predicted octanol–water partition coefficient (Wildman–Crippen LogP) is 1.15. The highest BCUT2D eigenvalue weighted by atomic mass is 16.5. The molecule has 136 valence electrons. The quantitative estimate of drug-likeness (QED) is 0.754. The molecule has 3 rings (SSSR count). The molecule has 1 aliphatic rings. The van der Waals surface area contributed by atoms with Gasteiger partial charge in [0.05, 0.1) is 25.1 Å². The summed E-state index contributed by atoms with van der Waals surface area (Å²) in [5, 5.41) is 7.50. The Balaban J connectivity index is 1.65. The van der Waals surface area contributed by atoms with Crippen LogP contribution in [0.3, 0.4) is 0 Å². The largest absolute Gasteiger partial charge is 0.383 e. The van der Waals surface area contributed by atoms with E-state index in [-0.39, 0.29) is 6.10 Å². The minimum atomic E-state index is -0.0462. The molecule has 1 aliphatic heterocycles. The summed E-state index contributed by atoms with van der Waals surface area (Å²) in [5.74, 6) is 1.55. The van der Waals surface area contributed by atoms with Crippen molar-refractivity contribution in [2.24, 2.45) is 7.05 Å². The number of nitrogens with one attached hydrogen (secondary N) is 1. The summed E-state index contributed by atoms with van der Waals surface area (Å²) in [6, 6.07) is 1.97. The third-order valence-electron chi connectivity index (χ3n) is 4.12. The summed E-state index contributed by atoms with van der Waals surface area (Å²) in [6.45, 7) is 6.54. The molecular formula is C17H26N6O2. The van der Waals surface area contributed by atoms with Crippen molar-refractivity contribution in [3.63, 3.8) is 0 Å². The fourth-order valence-corrected chi connectivity index (χ4v) is 2.96. The summed E-state index contributed by atoms with van der Waals surface area (Å²) < 4.78 is 12.9. The topological polar surface area (TPSA) is 77.3 Å². The number of aromatic nitrogens is 4. The zero-order chi connectivity index (χ0) is 17.6. The fraction of sp³-hybridized carbons (Fsp3) is 0.588. The van der Waals surface area contributed by atoms with E-state index in [0.29, 0.717) is 19.8 Å². The monoisotopic (exact) mass is 346 g/mol. The number of morpholine rings is 1. The maximum absolute atomic E-state index is 5.97. The van der Waals surface area contributed by atoms with Gasteiger partial charge < -0.3 is 14.8 Å². The van der Waals surface area contributed by atoms with Crippen LogP contribution in [0.5, 0.6) is 0 Å². The Kier molecular flexibility index (Phi) is 5.95. The van der Waals surface area contributed by atoms with Crippen molar-refractivity contribution in [3.05, 3.63) is 35.5 Å². The molecule has 0 amide bonds. The highest BCUT2D eigenvalue weighted by molar-refractivity contribution is 5.36. The van der Waals surface area contributed by atoms with Gasteiger partial charge in [0.1, 0.15) is 17.7 Å². The van der Waals surface area contributed by atoms with Crippen LogP contribution in [-0.4, -0.2) is 64.6 Å². The van der Waals surface area contributed by atoms with Crippen LogP contribution in [0.1, 0.15) is 23.2 Å². The molecule has 1 fully saturated rings. The van der Waals surface area contributed by atoms with Crippen LogP contribution < -0.4 is 5.32 Å². The normalized spacial score (nSPS) is 18.4. The molecule has 8 nitrogen and oxygen atoms in total. The van der Waals surface area contributed by atoms with Crippen molar-refractivity contribution in [3.8, 4) is 0 Å². The minimum Gasteiger partial charge on any atom is -0.383 e. The molecule has 25 heavy (non-hydrogen) atoms. The molecule has 3 heterocycles. The SMILES string of the molecule is COCCNc1cc([C@@H]2CN(Cc3cnn(C)c3)CCO2)nc(C)n1. The molecule has 8 heteroatoms. The van der Waals surface area contributed by atoms with Crippen LogP contribution in [0, 0.1) is 6.92 Å². The minimum absolute atomic E-state index is 0.0462. The Hall–Kier alpha value is -2.03. The Morgan fingerprint density at radius 2 is 2.28 bits per heavy atom. The van der Waals surface area contributed by atoms with E-state index >= 15 is 0 Å². The molecule has 2 aromatic rings. The average molecular weight is 346 g/mol. The van der Waals surface area contributed by atoms with Crippen LogP contribution in [0.15, 0.2) is 18.5 Å². The number of rotatable bonds is 7. The van der Waals surface area contributed by atoms with Gasteiger partial charge in [0.15, 0.2) is 0 Å². The first-order chi connectivity index (χ1) is 12.1. The summed E-state index contributed by atoms with van der Waals surface area (Å²) >= 11 is 0. The third kappa shape index (κ3) is 4.97. The van der Waals surface area contributed by atoms with Gasteiger partial charge >= 0.3 is 0 Å². The van der Waals surface area contributed by atoms with E-state index in [9.17, 15) is 0 Å². The second-order valence-corrected chi connectivity index (χ2v) is 6.26. The van der Waals surface area contributed by atoms with Crippen LogP contribution >= 0.6 is 0 Å². The Bertz CT molecular complexity index is 690. The zero-order valence-electron chi connectivity index (χ0n) is 15.1. The van der Waals surface area contributed by atoms with Crippen LogP contribution in [-0.2, 0) is 23.1 Å². The summed E-state index contributed by atoms with van der Waals surface area (Å²) in [6.07, 6.45) is 3.92. The van der Waals surface area contributed by atoms with Gasteiger partial charge in [-0.1, -0.05) is 0 Å². The molecule has 0 radical (unpaired) electrons.